The molecule has 6 nitrogen and oxygen atoms in total. The van der Waals surface area contributed by atoms with Crippen molar-refractivity contribution in [2.24, 2.45) is 5.92 Å². The third-order valence-electron chi connectivity index (χ3n) is 5.38. The molecule has 3 rings (SSSR count). The van der Waals surface area contributed by atoms with E-state index in [1.165, 1.54) is 12.1 Å². The number of anilines is 1. The molecule has 0 spiro atoms. The number of carbonyl (C=O) groups is 1. The largest absolute Gasteiger partial charge is 0.393 e. The zero-order valence-corrected chi connectivity index (χ0v) is 14.8. The number of nitro groups is 1. The fourth-order valence-corrected chi connectivity index (χ4v) is 3.98. The standard InChI is InChI=1S/C18H22F3N3O3/c19-18(20,21)13-5-1-2-6-14(13)22-17(25)12-7-8-15(16(11-12)24(26)27)23-9-3-4-10-23/h7-8,11,13-14H,1-6,9-10H2,(H,22,25). The summed E-state index contributed by atoms with van der Waals surface area (Å²) in [6, 6.07) is 3.12. The molecular weight excluding hydrogens is 363 g/mol. The summed E-state index contributed by atoms with van der Waals surface area (Å²) >= 11 is 0. The van der Waals surface area contributed by atoms with E-state index in [1.54, 1.807) is 0 Å². The number of nitro benzene ring substituents is 1. The predicted molar refractivity (Wildman–Crippen MR) is 93.8 cm³/mol. The summed E-state index contributed by atoms with van der Waals surface area (Å²) < 4.78 is 39.6. The van der Waals surface area contributed by atoms with Gasteiger partial charge in [0.1, 0.15) is 5.69 Å². The van der Waals surface area contributed by atoms with Crippen molar-refractivity contribution in [1.29, 1.82) is 0 Å². The Morgan fingerprint density at radius 3 is 2.44 bits per heavy atom. The van der Waals surface area contributed by atoms with Crippen LogP contribution in [0.3, 0.4) is 0 Å². The van der Waals surface area contributed by atoms with E-state index in [0.717, 1.165) is 18.9 Å². The fraction of sp³-hybridized carbons (Fsp3) is 0.611. The normalized spacial score (nSPS) is 23.3. The van der Waals surface area contributed by atoms with Gasteiger partial charge in [0, 0.05) is 30.8 Å². The summed E-state index contributed by atoms with van der Waals surface area (Å²) in [6.45, 7) is 1.42. The highest BCUT2D eigenvalue weighted by atomic mass is 19.4. The van der Waals surface area contributed by atoms with Crippen molar-refractivity contribution in [2.75, 3.05) is 18.0 Å². The molecule has 2 aliphatic rings. The van der Waals surface area contributed by atoms with Crippen molar-refractivity contribution >= 4 is 17.3 Å². The second kappa shape index (κ2) is 7.74. The van der Waals surface area contributed by atoms with Crippen molar-refractivity contribution in [1.82, 2.24) is 5.32 Å². The van der Waals surface area contributed by atoms with Gasteiger partial charge >= 0.3 is 6.18 Å². The smallest absolute Gasteiger partial charge is 0.366 e. The second-order valence-electron chi connectivity index (χ2n) is 7.17. The molecule has 9 heteroatoms. The summed E-state index contributed by atoms with van der Waals surface area (Å²) in [4.78, 5) is 25.2. The summed E-state index contributed by atoms with van der Waals surface area (Å²) in [7, 11) is 0. The molecule has 1 saturated carbocycles. The Morgan fingerprint density at radius 2 is 1.81 bits per heavy atom. The molecule has 0 bridgehead atoms. The molecule has 1 aliphatic carbocycles. The van der Waals surface area contributed by atoms with Crippen LogP contribution in [0.2, 0.25) is 0 Å². The minimum Gasteiger partial charge on any atom is -0.366 e. The first kappa shape index (κ1) is 19.4. The Balaban J connectivity index is 1.80. The molecule has 2 fully saturated rings. The van der Waals surface area contributed by atoms with Gasteiger partial charge in [0.05, 0.1) is 10.8 Å². The van der Waals surface area contributed by atoms with Crippen LogP contribution in [0.4, 0.5) is 24.5 Å². The van der Waals surface area contributed by atoms with Gasteiger partial charge in [-0.05, 0) is 37.8 Å². The van der Waals surface area contributed by atoms with Gasteiger partial charge in [0.2, 0.25) is 0 Å². The SMILES string of the molecule is O=C(NC1CCCCC1C(F)(F)F)c1ccc(N2CCCC2)c([N+](=O)[O-])c1. The number of rotatable bonds is 4. The maximum Gasteiger partial charge on any atom is 0.393 e. The highest BCUT2D eigenvalue weighted by molar-refractivity contribution is 5.96. The molecule has 2 atom stereocenters. The average Bonchev–Trinajstić information content (AvgIpc) is 3.15. The fourth-order valence-electron chi connectivity index (χ4n) is 3.98. The quantitative estimate of drug-likeness (QED) is 0.627. The Kier molecular flexibility index (Phi) is 5.57. The van der Waals surface area contributed by atoms with Crippen LogP contribution in [-0.2, 0) is 0 Å². The number of halogens is 3. The van der Waals surface area contributed by atoms with Gasteiger partial charge in [-0.1, -0.05) is 12.8 Å². The van der Waals surface area contributed by atoms with Gasteiger partial charge in [-0.15, -0.1) is 0 Å². The lowest BCUT2D eigenvalue weighted by molar-refractivity contribution is -0.384. The van der Waals surface area contributed by atoms with Crippen LogP contribution >= 0.6 is 0 Å². The van der Waals surface area contributed by atoms with Gasteiger partial charge in [0.15, 0.2) is 0 Å². The van der Waals surface area contributed by atoms with Crippen LogP contribution in [-0.4, -0.2) is 36.1 Å². The maximum atomic E-state index is 13.2. The third kappa shape index (κ3) is 4.33. The molecule has 2 unspecified atom stereocenters. The molecule has 1 aliphatic heterocycles. The first-order valence-electron chi connectivity index (χ1n) is 9.18. The molecule has 0 radical (unpaired) electrons. The van der Waals surface area contributed by atoms with E-state index in [-0.39, 0.29) is 24.1 Å². The number of hydrogen-bond donors (Lipinski definition) is 1. The average molecular weight is 385 g/mol. The Labute approximate surface area is 154 Å². The summed E-state index contributed by atoms with van der Waals surface area (Å²) in [5.41, 5.74) is 0.261. The number of nitrogens with one attached hydrogen (secondary N) is 1. The van der Waals surface area contributed by atoms with E-state index < -0.39 is 29.0 Å². The van der Waals surface area contributed by atoms with Crippen LogP contribution in [0.25, 0.3) is 0 Å². The van der Waals surface area contributed by atoms with Crippen LogP contribution in [0, 0.1) is 16.0 Å². The van der Waals surface area contributed by atoms with Crippen LogP contribution in [0.15, 0.2) is 18.2 Å². The lowest BCUT2D eigenvalue weighted by Crippen LogP contribution is -2.47. The van der Waals surface area contributed by atoms with E-state index in [0.29, 0.717) is 31.6 Å². The highest BCUT2D eigenvalue weighted by Gasteiger charge is 2.46. The molecule has 1 saturated heterocycles. The van der Waals surface area contributed by atoms with Crippen molar-refractivity contribution in [3.8, 4) is 0 Å². The predicted octanol–water partition coefficient (Wildman–Crippen LogP) is 4.05. The van der Waals surface area contributed by atoms with Crippen molar-refractivity contribution in [3.63, 3.8) is 0 Å². The van der Waals surface area contributed by atoms with E-state index in [1.807, 2.05) is 4.90 Å². The van der Waals surface area contributed by atoms with E-state index in [2.05, 4.69) is 5.32 Å². The zero-order chi connectivity index (χ0) is 19.6. The maximum absolute atomic E-state index is 13.2. The molecule has 1 heterocycles. The van der Waals surface area contributed by atoms with E-state index >= 15 is 0 Å². The number of nitrogens with zero attached hydrogens (tertiary/aromatic N) is 2. The Morgan fingerprint density at radius 1 is 1.15 bits per heavy atom. The number of hydrogen-bond acceptors (Lipinski definition) is 4. The molecule has 0 aromatic heterocycles. The number of carbonyl (C=O) groups excluding carboxylic acids is 1. The van der Waals surface area contributed by atoms with Gasteiger partial charge < -0.3 is 10.2 Å². The third-order valence-corrected chi connectivity index (χ3v) is 5.38. The monoisotopic (exact) mass is 385 g/mol. The van der Waals surface area contributed by atoms with Crippen molar-refractivity contribution in [3.05, 3.63) is 33.9 Å². The number of alkyl halides is 3. The van der Waals surface area contributed by atoms with Crippen molar-refractivity contribution < 1.29 is 22.9 Å². The highest BCUT2D eigenvalue weighted by Crippen LogP contribution is 2.38. The van der Waals surface area contributed by atoms with Gasteiger partial charge in [-0.2, -0.15) is 13.2 Å². The Bertz CT molecular complexity index is 718. The number of benzene rings is 1. The topological polar surface area (TPSA) is 75.5 Å². The summed E-state index contributed by atoms with van der Waals surface area (Å²) in [6.07, 6.45) is -1.14. The van der Waals surface area contributed by atoms with E-state index in [4.69, 9.17) is 0 Å². The van der Waals surface area contributed by atoms with Crippen LogP contribution < -0.4 is 10.2 Å². The number of amides is 1. The Hall–Kier alpha value is -2.32. The molecular formula is C18H22F3N3O3. The van der Waals surface area contributed by atoms with Gasteiger partial charge in [-0.3, -0.25) is 14.9 Å². The summed E-state index contributed by atoms with van der Waals surface area (Å²) in [5, 5.41) is 13.9. The molecule has 1 N–H and O–H groups in total. The molecule has 148 valence electrons. The lowest BCUT2D eigenvalue weighted by Gasteiger charge is -2.33. The minimum atomic E-state index is -4.37. The van der Waals surface area contributed by atoms with Gasteiger partial charge in [-0.25, -0.2) is 0 Å². The van der Waals surface area contributed by atoms with Crippen molar-refractivity contribution in [2.45, 2.75) is 50.7 Å². The van der Waals surface area contributed by atoms with Gasteiger partial charge in [0.25, 0.3) is 11.6 Å². The molecule has 1 aromatic carbocycles. The first-order chi connectivity index (χ1) is 12.8. The van der Waals surface area contributed by atoms with Crippen LogP contribution in [0.1, 0.15) is 48.9 Å². The first-order valence-corrected chi connectivity index (χ1v) is 9.18. The molecule has 27 heavy (non-hydrogen) atoms. The summed E-state index contributed by atoms with van der Waals surface area (Å²) in [5.74, 6) is -2.28. The lowest BCUT2D eigenvalue weighted by atomic mass is 9.84. The zero-order valence-electron chi connectivity index (χ0n) is 14.8. The molecule has 1 aromatic rings. The second-order valence-corrected chi connectivity index (χ2v) is 7.17. The minimum absolute atomic E-state index is 0.0103. The van der Waals surface area contributed by atoms with Crippen LogP contribution in [0.5, 0.6) is 0 Å². The molecule has 1 amide bonds. The van der Waals surface area contributed by atoms with E-state index in [9.17, 15) is 28.1 Å².